The quantitative estimate of drug-likeness (QED) is 0.527. The van der Waals surface area contributed by atoms with Crippen molar-refractivity contribution in [1.29, 1.82) is 0 Å². The number of pyridine rings is 1. The summed E-state index contributed by atoms with van der Waals surface area (Å²) in [5, 5.41) is 14.3. The first kappa shape index (κ1) is 20.5. The zero-order valence-corrected chi connectivity index (χ0v) is 16.0. The summed E-state index contributed by atoms with van der Waals surface area (Å²) in [4.78, 5) is 15.4. The number of aryl methyl sites for hydroxylation is 1. The molecule has 0 unspecified atom stereocenters. The molecule has 0 radical (unpaired) electrons. The topological polar surface area (TPSA) is 130 Å². The van der Waals surface area contributed by atoms with Gasteiger partial charge < -0.3 is 20.5 Å². The first-order chi connectivity index (χ1) is 12.7. The van der Waals surface area contributed by atoms with Crippen LogP contribution in [0.4, 0.5) is 16.2 Å². The van der Waals surface area contributed by atoms with E-state index in [1.165, 1.54) is 12.3 Å². The van der Waals surface area contributed by atoms with Crippen LogP contribution >= 0.6 is 0 Å². The Morgan fingerprint density at radius 3 is 2.67 bits per heavy atom. The molecule has 10 heteroatoms. The van der Waals surface area contributed by atoms with Crippen LogP contribution < -0.4 is 20.1 Å². The van der Waals surface area contributed by atoms with E-state index in [9.17, 15) is 13.2 Å². The van der Waals surface area contributed by atoms with E-state index in [2.05, 4.69) is 15.6 Å². The second kappa shape index (κ2) is 8.69. The van der Waals surface area contributed by atoms with Gasteiger partial charge in [0.05, 0.1) is 5.69 Å². The Labute approximate surface area is 157 Å². The normalized spacial score (nSPS) is 11.1. The largest absolute Gasteiger partial charge is 0.467 e. The number of aliphatic hydroxyl groups excluding tert-OH is 1. The zero-order valence-electron chi connectivity index (χ0n) is 15.2. The molecule has 0 aliphatic carbocycles. The standard InChI is InChI=1S/C17H22N4O5S/c1-11(2)19-17(23)21-27(24,25)16-9-18-7-6-14(16)20-13-4-5-15(26-10-22)12(3)8-13/h4-9,11,22H,10H2,1-3H3,(H,18,20)(H2,19,21,23). The average Bonchev–Trinajstić information content (AvgIpc) is 2.56. The Morgan fingerprint density at radius 2 is 2.04 bits per heavy atom. The van der Waals surface area contributed by atoms with Crippen molar-refractivity contribution in [2.24, 2.45) is 0 Å². The molecule has 1 aromatic heterocycles. The second-order valence-electron chi connectivity index (χ2n) is 5.98. The van der Waals surface area contributed by atoms with Gasteiger partial charge in [-0.05, 0) is 50.6 Å². The third-order valence-corrected chi connectivity index (χ3v) is 4.75. The molecule has 0 aliphatic rings. The molecule has 2 rings (SSSR count). The van der Waals surface area contributed by atoms with Gasteiger partial charge in [-0.3, -0.25) is 4.98 Å². The Kier molecular flexibility index (Phi) is 6.59. The second-order valence-corrected chi connectivity index (χ2v) is 7.64. The number of urea groups is 1. The summed E-state index contributed by atoms with van der Waals surface area (Å²) in [5.41, 5.74) is 1.61. The fourth-order valence-corrected chi connectivity index (χ4v) is 3.30. The summed E-state index contributed by atoms with van der Waals surface area (Å²) in [6.07, 6.45) is 2.59. The number of nitrogens with zero attached hydrogens (tertiary/aromatic N) is 1. The van der Waals surface area contributed by atoms with Crippen molar-refractivity contribution in [2.45, 2.75) is 31.7 Å². The number of aromatic nitrogens is 1. The first-order valence-corrected chi connectivity index (χ1v) is 9.60. The summed E-state index contributed by atoms with van der Waals surface area (Å²) < 4.78 is 32.1. The van der Waals surface area contributed by atoms with Crippen molar-refractivity contribution in [2.75, 3.05) is 12.1 Å². The van der Waals surface area contributed by atoms with Gasteiger partial charge in [-0.15, -0.1) is 0 Å². The van der Waals surface area contributed by atoms with E-state index in [4.69, 9.17) is 9.84 Å². The highest BCUT2D eigenvalue weighted by Crippen LogP contribution is 2.27. The lowest BCUT2D eigenvalue weighted by Crippen LogP contribution is -2.42. The number of benzene rings is 1. The number of anilines is 2. The molecule has 2 aromatic rings. The smallest absolute Gasteiger partial charge is 0.328 e. The van der Waals surface area contributed by atoms with Crippen molar-refractivity contribution in [3.05, 3.63) is 42.2 Å². The molecule has 0 fully saturated rings. The lowest BCUT2D eigenvalue weighted by Gasteiger charge is -2.15. The number of hydrogen-bond donors (Lipinski definition) is 4. The maximum absolute atomic E-state index is 12.5. The highest BCUT2D eigenvalue weighted by molar-refractivity contribution is 7.90. The van der Waals surface area contributed by atoms with Crippen molar-refractivity contribution >= 4 is 27.4 Å². The number of rotatable bonds is 7. The van der Waals surface area contributed by atoms with Crippen molar-refractivity contribution in [1.82, 2.24) is 15.0 Å². The van der Waals surface area contributed by atoms with Gasteiger partial charge in [0, 0.05) is 24.1 Å². The number of carbonyl (C=O) groups is 1. The lowest BCUT2D eigenvalue weighted by molar-refractivity contribution is 0.0979. The molecule has 0 aliphatic heterocycles. The van der Waals surface area contributed by atoms with Crippen LogP contribution in [0.25, 0.3) is 0 Å². The molecule has 0 saturated heterocycles. The zero-order chi connectivity index (χ0) is 20.0. The van der Waals surface area contributed by atoms with E-state index >= 15 is 0 Å². The Bertz CT molecular complexity index is 915. The first-order valence-electron chi connectivity index (χ1n) is 8.11. The molecule has 1 heterocycles. The van der Waals surface area contributed by atoms with E-state index in [-0.39, 0.29) is 16.6 Å². The third kappa shape index (κ3) is 5.56. The van der Waals surface area contributed by atoms with E-state index in [0.717, 1.165) is 11.8 Å². The Morgan fingerprint density at radius 1 is 1.30 bits per heavy atom. The predicted molar refractivity (Wildman–Crippen MR) is 100 cm³/mol. The van der Waals surface area contributed by atoms with Crippen molar-refractivity contribution < 1.29 is 23.1 Å². The van der Waals surface area contributed by atoms with Crippen LogP contribution in [0.1, 0.15) is 19.4 Å². The van der Waals surface area contributed by atoms with Crippen LogP contribution in [-0.2, 0) is 10.0 Å². The van der Waals surface area contributed by atoms with Gasteiger partial charge in [0.25, 0.3) is 10.0 Å². The molecule has 4 N–H and O–H groups in total. The molecule has 0 atom stereocenters. The summed E-state index contributed by atoms with van der Waals surface area (Å²) in [7, 11) is -4.13. The minimum atomic E-state index is -4.13. The maximum Gasteiger partial charge on any atom is 0.328 e. The van der Waals surface area contributed by atoms with Crippen LogP contribution in [0.2, 0.25) is 0 Å². The van der Waals surface area contributed by atoms with Gasteiger partial charge >= 0.3 is 6.03 Å². The maximum atomic E-state index is 12.5. The molecule has 2 amide bonds. The number of hydrogen-bond acceptors (Lipinski definition) is 7. The van der Waals surface area contributed by atoms with Crippen LogP contribution in [0.5, 0.6) is 5.75 Å². The van der Waals surface area contributed by atoms with Gasteiger partial charge in [0.2, 0.25) is 0 Å². The minimum absolute atomic E-state index is 0.169. The third-order valence-electron chi connectivity index (χ3n) is 3.39. The molecule has 1 aromatic carbocycles. The molecule has 9 nitrogen and oxygen atoms in total. The summed E-state index contributed by atoms with van der Waals surface area (Å²) in [5.74, 6) is 0.512. The van der Waals surface area contributed by atoms with Crippen molar-refractivity contribution in [3.63, 3.8) is 0 Å². The van der Waals surface area contributed by atoms with E-state index in [1.54, 1.807) is 39.0 Å². The van der Waals surface area contributed by atoms with Crippen LogP contribution in [0, 0.1) is 6.92 Å². The SMILES string of the molecule is Cc1cc(Nc2ccncc2S(=O)(=O)NC(=O)NC(C)C)ccc1OCO. The predicted octanol–water partition coefficient (Wildman–Crippen LogP) is 1.86. The highest BCUT2D eigenvalue weighted by Gasteiger charge is 2.22. The van der Waals surface area contributed by atoms with Gasteiger partial charge in [0.15, 0.2) is 6.79 Å². The molecule has 146 valence electrons. The van der Waals surface area contributed by atoms with E-state index in [1.807, 2.05) is 4.72 Å². The fraction of sp³-hybridized carbons (Fsp3) is 0.294. The number of sulfonamides is 1. The van der Waals surface area contributed by atoms with Crippen molar-refractivity contribution in [3.8, 4) is 5.75 Å². The number of amides is 2. The number of ether oxygens (including phenoxy) is 1. The highest BCUT2D eigenvalue weighted by atomic mass is 32.2. The fourth-order valence-electron chi connectivity index (χ4n) is 2.28. The van der Waals surface area contributed by atoms with E-state index in [0.29, 0.717) is 11.4 Å². The van der Waals surface area contributed by atoms with E-state index < -0.39 is 22.8 Å². The number of aliphatic hydroxyl groups is 1. The molecule has 0 saturated carbocycles. The van der Waals surface area contributed by atoms with Crippen LogP contribution in [-0.4, -0.2) is 37.4 Å². The lowest BCUT2D eigenvalue weighted by atomic mass is 10.2. The van der Waals surface area contributed by atoms with Gasteiger partial charge in [0.1, 0.15) is 10.6 Å². The summed E-state index contributed by atoms with van der Waals surface area (Å²) in [6.45, 7) is 4.79. The van der Waals surface area contributed by atoms with Gasteiger partial charge in [-0.1, -0.05) is 0 Å². The van der Waals surface area contributed by atoms with Crippen LogP contribution in [0.3, 0.4) is 0 Å². The number of nitrogens with one attached hydrogen (secondary N) is 3. The number of carbonyl (C=O) groups excluding carboxylic acids is 1. The molecule has 0 spiro atoms. The molecular formula is C17H22N4O5S. The Hall–Kier alpha value is -2.85. The monoisotopic (exact) mass is 394 g/mol. The molecule has 27 heavy (non-hydrogen) atoms. The molecular weight excluding hydrogens is 372 g/mol. The van der Waals surface area contributed by atoms with Gasteiger partial charge in [-0.25, -0.2) is 17.9 Å². The summed E-state index contributed by atoms with van der Waals surface area (Å²) in [6, 6.07) is 5.52. The molecule has 0 bridgehead atoms. The van der Waals surface area contributed by atoms with Gasteiger partial charge in [-0.2, -0.15) is 0 Å². The average molecular weight is 394 g/mol. The summed E-state index contributed by atoms with van der Waals surface area (Å²) >= 11 is 0. The minimum Gasteiger partial charge on any atom is -0.467 e. The van der Waals surface area contributed by atoms with Crippen LogP contribution in [0.15, 0.2) is 41.6 Å². The Balaban J connectivity index is 2.27.